The molecular formula is C19H19ClN6O4. The first kappa shape index (κ1) is 21.4. The van der Waals surface area contributed by atoms with Crippen molar-refractivity contribution in [1.82, 2.24) is 25.9 Å². The Morgan fingerprint density at radius 1 is 1.10 bits per heavy atom. The van der Waals surface area contributed by atoms with Crippen molar-refractivity contribution in [3.05, 3.63) is 59.1 Å². The average Bonchev–Trinajstić information content (AvgIpc) is 3.24. The second-order valence-corrected chi connectivity index (χ2v) is 6.87. The highest BCUT2D eigenvalue weighted by molar-refractivity contribution is 6.30. The zero-order valence-electron chi connectivity index (χ0n) is 15.6. The van der Waals surface area contributed by atoms with Crippen molar-refractivity contribution in [3.63, 3.8) is 0 Å². The van der Waals surface area contributed by atoms with Gasteiger partial charge in [0.25, 0.3) is 5.95 Å². The Labute approximate surface area is 176 Å². The molecule has 1 aromatic heterocycles. The number of hydrogen-bond acceptors (Lipinski definition) is 7. The van der Waals surface area contributed by atoms with Gasteiger partial charge in [-0.05, 0) is 40.5 Å². The molecule has 3 rings (SSSR count). The van der Waals surface area contributed by atoms with E-state index < -0.39 is 30.6 Å². The summed E-state index contributed by atoms with van der Waals surface area (Å²) in [4.78, 5) is 23.9. The summed E-state index contributed by atoms with van der Waals surface area (Å²) >= 11 is 6.04. The molecule has 0 saturated heterocycles. The maximum absolute atomic E-state index is 12.6. The minimum atomic E-state index is -1.31. The largest absolute Gasteiger partial charge is 0.480 e. The second kappa shape index (κ2) is 9.92. The molecule has 156 valence electrons. The number of aromatic amines is 1. The van der Waals surface area contributed by atoms with E-state index in [4.69, 9.17) is 11.6 Å². The highest BCUT2D eigenvalue weighted by Gasteiger charge is 2.26. The van der Waals surface area contributed by atoms with Crippen LogP contribution in [0, 0.1) is 0 Å². The van der Waals surface area contributed by atoms with E-state index in [1.54, 1.807) is 6.07 Å². The number of benzene rings is 2. The van der Waals surface area contributed by atoms with Crippen LogP contribution >= 0.6 is 11.6 Å². The fourth-order valence-electron chi connectivity index (χ4n) is 2.82. The SMILES string of the molecule is O=C(O)C(CO)N[C@@H](Cc1ccc(-c2cccc(Cl)c2)cc1)C(=O)Nc1nn[nH]n1. The number of aromatic nitrogens is 4. The molecule has 0 bridgehead atoms. The molecule has 0 aliphatic heterocycles. The number of halogens is 1. The third kappa shape index (κ3) is 5.60. The van der Waals surface area contributed by atoms with Gasteiger partial charge in [0.15, 0.2) is 0 Å². The summed E-state index contributed by atoms with van der Waals surface area (Å²) in [5.74, 6) is -1.87. The van der Waals surface area contributed by atoms with Crippen LogP contribution < -0.4 is 10.6 Å². The smallest absolute Gasteiger partial charge is 0.323 e. The number of carboxylic acid groups (broad SMARTS) is 1. The van der Waals surface area contributed by atoms with E-state index in [1.165, 1.54) is 0 Å². The lowest BCUT2D eigenvalue weighted by atomic mass is 10.00. The molecule has 1 amide bonds. The molecule has 0 spiro atoms. The van der Waals surface area contributed by atoms with Crippen LogP contribution in [0.4, 0.5) is 5.95 Å². The molecule has 5 N–H and O–H groups in total. The Balaban J connectivity index is 1.77. The first-order chi connectivity index (χ1) is 14.5. The zero-order valence-corrected chi connectivity index (χ0v) is 16.4. The van der Waals surface area contributed by atoms with Crippen molar-refractivity contribution in [1.29, 1.82) is 0 Å². The Kier molecular flexibility index (Phi) is 7.07. The minimum absolute atomic E-state index is 0.0426. The number of H-pyrrole nitrogens is 1. The van der Waals surface area contributed by atoms with Gasteiger partial charge in [0.1, 0.15) is 6.04 Å². The monoisotopic (exact) mass is 430 g/mol. The van der Waals surface area contributed by atoms with Gasteiger partial charge in [-0.15, -0.1) is 5.10 Å². The molecular weight excluding hydrogens is 412 g/mol. The number of nitrogens with zero attached hydrogens (tertiary/aromatic N) is 3. The maximum atomic E-state index is 12.6. The normalized spacial score (nSPS) is 12.9. The number of carbonyl (C=O) groups excluding carboxylic acids is 1. The van der Waals surface area contributed by atoms with E-state index in [0.717, 1.165) is 16.7 Å². The number of aliphatic hydroxyl groups excluding tert-OH is 1. The molecule has 0 radical (unpaired) electrons. The summed E-state index contributed by atoms with van der Waals surface area (Å²) in [6.45, 7) is -0.672. The second-order valence-electron chi connectivity index (χ2n) is 6.43. The molecule has 2 atom stereocenters. The maximum Gasteiger partial charge on any atom is 0.323 e. The molecule has 1 heterocycles. The molecule has 11 heteroatoms. The summed E-state index contributed by atoms with van der Waals surface area (Å²) in [6, 6.07) is 12.6. The van der Waals surface area contributed by atoms with Crippen molar-refractivity contribution in [3.8, 4) is 11.1 Å². The summed E-state index contributed by atoms with van der Waals surface area (Å²) in [5, 5.41) is 37.1. The lowest BCUT2D eigenvalue weighted by Gasteiger charge is -2.21. The number of aliphatic hydroxyl groups is 1. The Morgan fingerprint density at radius 2 is 1.87 bits per heavy atom. The average molecular weight is 431 g/mol. The van der Waals surface area contributed by atoms with E-state index >= 15 is 0 Å². The van der Waals surface area contributed by atoms with Crippen LogP contribution in [0.2, 0.25) is 5.02 Å². The Bertz CT molecular complexity index is 997. The van der Waals surface area contributed by atoms with E-state index in [2.05, 4.69) is 31.3 Å². The van der Waals surface area contributed by atoms with Crippen molar-refractivity contribution in [2.24, 2.45) is 0 Å². The standard InChI is InChI=1S/C19H19ClN6O4/c20-14-3-1-2-13(9-14)12-6-4-11(5-7-12)8-15(21-16(10-27)18(29)30)17(28)22-19-23-25-26-24-19/h1-7,9,15-16,21,27H,8,10H2,(H,29,30)(H2,22,23,24,25,26,28)/t15-,16?/m0/s1. The number of hydrogen-bond donors (Lipinski definition) is 5. The Hall–Kier alpha value is -3.34. The van der Waals surface area contributed by atoms with Gasteiger partial charge in [0, 0.05) is 5.02 Å². The molecule has 10 nitrogen and oxygen atoms in total. The van der Waals surface area contributed by atoms with E-state index in [-0.39, 0.29) is 12.4 Å². The van der Waals surface area contributed by atoms with Crippen LogP contribution in [-0.2, 0) is 16.0 Å². The zero-order chi connectivity index (χ0) is 21.5. The molecule has 0 aliphatic carbocycles. The van der Waals surface area contributed by atoms with Gasteiger partial charge in [-0.1, -0.05) is 53.1 Å². The third-order valence-electron chi connectivity index (χ3n) is 4.33. The topological polar surface area (TPSA) is 153 Å². The van der Waals surface area contributed by atoms with Gasteiger partial charge >= 0.3 is 5.97 Å². The number of nitrogens with one attached hydrogen (secondary N) is 3. The predicted molar refractivity (Wildman–Crippen MR) is 109 cm³/mol. The van der Waals surface area contributed by atoms with Gasteiger partial charge in [-0.2, -0.15) is 5.21 Å². The first-order valence-corrected chi connectivity index (χ1v) is 9.33. The Morgan fingerprint density at radius 3 is 2.47 bits per heavy atom. The molecule has 30 heavy (non-hydrogen) atoms. The minimum Gasteiger partial charge on any atom is -0.480 e. The lowest BCUT2D eigenvalue weighted by molar-refractivity contribution is -0.140. The number of aliphatic carboxylic acids is 1. The fourth-order valence-corrected chi connectivity index (χ4v) is 3.01. The third-order valence-corrected chi connectivity index (χ3v) is 4.57. The van der Waals surface area contributed by atoms with Gasteiger partial charge < -0.3 is 10.2 Å². The van der Waals surface area contributed by atoms with Crippen LogP contribution in [0.5, 0.6) is 0 Å². The van der Waals surface area contributed by atoms with Gasteiger partial charge in [0.2, 0.25) is 5.91 Å². The number of amides is 1. The van der Waals surface area contributed by atoms with Crippen molar-refractivity contribution in [2.75, 3.05) is 11.9 Å². The fraction of sp³-hybridized carbons (Fsp3) is 0.211. The van der Waals surface area contributed by atoms with Gasteiger partial charge in [-0.25, -0.2) is 0 Å². The highest BCUT2D eigenvalue weighted by Crippen LogP contribution is 2.23. The van der Waals surface area contributed by atoms with Crippen LogP contribution in [0.1, 0.15) is 5.56 Å². The van der Waals surface area contributed by atoms with Crippen LogP contribution in [0.25, 0.3) is 11.1 Å². The van der Waals surface area contributed by atoms with Crippen molar-refractivity contribution < 1.29 is 19.8 Å². The summed E-state index contributed by atoms with van der Waals surface area (Å²) in [6.07, 6.45) is 0.170. The highest BCUT2D eigenvalue weighted by atomic mass is 35.5. The quantitative estimate of drug-likeness (QED) is 0.338. The van der Waals surface area contributed by atoms with Crippen LogP contribution in [-0.4, -0.2) is 61.4 Å². The van der Waals surface area contributed by atoms with Crippen LogP contribution in [0.15, 0.2) is 48.5 Å². The van der Waals surface area contributed by atoms with Gasteiger partial charge in [0.05, 0.1) is 12.6 Å². The molecule has 1 unspecified atom stereocenters. The van der Waals surface area contributed by atoms with Crippen LogP contribution in [0.3, 0.4) is 0 Å². The molecule has 3 aromatic rings. The van der Waals surface area contributed by atoms with Crippen molar-refractivity contribution >= 4 is 29.4 Å². The summed E-state index contributed by atoms with van der Waals surface area (Å²) in [7, 11) is 0. The number of carboxylic acids is 1. The van der Waals surface area contributed by atoms with Gasteiger partial charge in [-0.3, -0.25) is 20.2 Å². The number of carbonyl (C=O) groups is 2. The van der Waals surface area contributed by atoms with E-state index in [0.29, 0.717) is 5.02 Å². The van der Waals surface area contributed by atoms with Crippen molar-refractivity contribution in [2.45, 2.75) is 18.5 Å². The molecule has 0 aliphatic rings. The summed E-state index contributed by atoms with van der Waals surface area (Å²) in [5.41, 5.74) is 2.68. The number of tetrazole rings is 1. The lowest BCUT2D eigenvalue weighted by Crippen LogP contribution is -2.51. The molecule has 0 saturated carbocycles. The number of rotatable bonds is 9. The molecule has 0 fully saturated rings. The summed E-state index contributed by atoms with van der Waals surface area (Å²) < 4.78 is 0. The predicted octanol–water partition coefficient (Wildman–Crippen LogP) is 1.10. The first-order valence-electron chi connectivity index (χ1n) is 8.95. The van der Waals surface area contributed by atoms with E-state index in [9.17, 15) is 19.8 Å². The van der Waals surface area contributed by atoms with E-state index in [1.807, 2.05) is 42.5 Å². The molecule has 2 aromatic carbocycles. The number of anilines is 1.